The van der Waals surface area contributed by atoms with Crippen molar-refractivity contribution in [1.82, 2.24) is 15.0 Å². The van der Waals surface area contributed by atoms with E-state index in [0.29, 0.717) is 0 Å². The first-order valence-corrected chi connectivity index (χ1v) is 4.17. The van der Waals surface area contributed by atoms with Crippen LogP contribution in [0.3, 0.4) is 0 Å². The van der Waals surface area contributed by atoms with E-state index in [2.05, 4.69) is 10.3 Å². The molecular formula is C9H7N3O3. The average Bonchev–Trinajstić information content (AvgIpc) is 2.23. The molecule has 1 heterocycles. The number of aromatic nitrogens is 3. The number of carboxylic acid groups (broad SMARTS) is 1. The number of carboxylic acids is 1. The van der Waals surface area contributed by atoms with E-state index in [9.17, 15) is 9.59 Å². The van der Waals surface area contributed by atoms with Crippen molar-refractivity contribution in [1.29, 1.82) is 0 Å². The van der Waals surface area contributed by atoms with Crippen LogP contribution in [-0.2, 0) is 7.05 Å². The molecule has 6 nitrogen and oxygen atoms in total. The molecule has 0 unspecified atom stereocenters. The highest BCUT2D eigenvalue weighted by atomic mass is 16.4. The summed E-state index contributed by atoms with van der Waals surface area (Å²) >= 11 is 0. The van der Waals surface area contributed by atoms with Crippen LogP contribution >= 0.6 is 0 Å². The second-order valence-electron chi connectivity index (χ2n) is 3.03. The van der Waals surface area contributed by atoms with Crippen molar-refractivity contribution in [3.05, 3.63) is 34.1 Å². The third-order valence-electron chi connectivity index (χ3n) is 2.07. The highest BCUT2D eigenvalue weighted by molar-refractivity contribution is 6.01. The standard InChI is InChI=1S/C9H7N3O3/c1-12-8(13)5-3-2-4-6(9(14)15)7(5)10-11-12/h2-4H,1H3,(H,14,15). The summed E-state index contributed by atoms with van der Waals surface area (Å²) in [7, 11) is 1.46. The lowest BCUT2D eigenvalue weighted by Gasteiger charge is -2.00. The lowest BCUT2D eigenvalue weighted by atomic mass is 10.1. The Morgan fingerprint density at radius 3 is 2.87 bits per heavy atom. The number of hydrogen-bond acceptors (Lipinski definition) is 4. The molecule has 0 spiro atoms. The number of fused-ring (bicyclic) bond motifs is 1. The first kappa shape index (κ1) is 9.32. The monoisotopic (exact) mass is 205 g/mol. The Kier molecular flexibility index (Phi) is 1.96. The van der Waals surface area contributed by atoms with Crippen LogP contribution in [0.25, 0.3) is 10.9 Å². The van der Waals surface area contributed by atoms with Gasteiger partial charge in [-0.05, 0) is 12.1 Å². The number of carbonyl (C=O) groups is 1. The third kappa shape index (κ3) is 1.35. The SMILES string of the molecule is Cn1nnc2c(C(=O)O)cccc2c1=O. The number of aromatic carboxylic acids is 1. The van der Waals surface area contributed by atoms with Crippen molar-refractivity contribution >= 4 is 16.9 Å². The summed E-state index contributed by atoms with van der Waals surface area (Å²) in [6, 6.07) is 4.42. The first-order chi connectivity index (χ1) is 7.11. The molecule has 0 aliphatic rings. The van der Waals surface area contributed by atoms with E-state index in [1.54, 1.807) is 0 Å². The largest absolute Gasteiger partial charge is 0.478 e. The van der Waals surface area contributed by atoms with Crippen molar-refractivity contribution in [2.24, 2.45) is 7.05 Å². The van der Waals surface area contributed by atoms with Crippen molar-refractivity contribution in [2.45, 2.75) is 0 Å². The minimum Gasteiger partial charge on any atom is -0.478 e. The summed E-state index contributed by atoms with van der Waals surface area (Å²) in [5.74, 6) is -1.12. The maximum Gasteiger partial charge on any atom is 0.337 e. The van der Waals surface area contributed by atoms with Gasteiger partial charge in [0, 0.05) is 7.05 Å². The fourth-order valence-corrected chi connectivity index (χ4v) is 1.32. The zero-order valence-electron chi connectivity index (χ0n) is 7.84. The maximum absolute atomic E-state index is 11.6. The van der Waals surface area contributed by atoms with Crippen molar-refractivity contribution < 1.29 is 9.90 Å². The van der Waals surface area contributed by atoms with Gasteiger partial charge in [-0.15, -0.1) is 5.10 Å². The van der Waals surface area contributed by atoms with E-state index in [1.165, 1.54) is 25.2 Å². The zero-order chi connectivity index (χ0) is 11.0. The van der Waals surface area contributed by atoms with Crippen LogP contribution in [0.2, 0.25) is 0 Å². The summed E-state index contributed by atoms with van der Waals surface area (Å²) in [6.07, 6.45) is 0. The summed E-state index contributed by atoms with van der Waals surface area (Å²) in [5.41, 5.74) is -0.256. The number of aryl methyl sites for hydroxylation is 1. The van der Waals surface area contributed by atoms with Gasteiger partial charge < -0.3 is 5.11 Å². The molecule has 1 N–H and O–H groups in total. The van der Waals surface area contributed by atoms with Crippen molar-refractivity contribution in [3.63, 3.8) is 0 Å². The summed E-state index contributed by atoms with van der Waals surface area (Å²) in [6.45, 7) is 0. The molecule has 0 atom stereocenters. The van der Waals surface area contributed by atoms with Crippen LogP contribution < -0.4 is 5.56 Å². The Balaban J connectivity index is 2.96. The lowest BCUT2D eigenvalue weighted by Crippen LogP contribution is -2.21. The van der Waals surface area contributed by atoms with Gasteiger partial charge in [0.05, 0.1) is 10.9 Å². The molecule has 1 aromatic heterocycles. The van der Waals surface area contributed by atoms with E-state index in [4.69, 9.17) is 5.11 Å². The van der Waals surface area contributed by atoms with Crippen molar-refractivity contribution in [3.8, 4) is 0 Å². The van der Waals surface area contributed by atoms with Gasteiger partial charge in [0.1, 0.15) is 5.52 Å². The number of hydrogen-bond donors (Lipinski definition) is 1. The molecule has 0 bridgehead atoms. The smallest absolute Gasteiger partial charge is 0.337 e. The maximum atomic E-state index is 11.6. The molecular weight excluding hydrogens is 198 g/mol. The fourth-order valence-electron chi connectivity index (χ4n) is 1.32. The fraction of sp³-hybridized carbons (Fsp3) is 0.111. The molecule has 1 aromatic carbocycles. The van der Waals surface area contributed by atoms with Crippen LogP contribution in [0.5, 0.6) is 0 Å². The topological polar surface area (TPSA) is 85.1 Å². The average molecular weight is 205 g/mol. The number of rotatable bonds is 1. The van der Waals surface area contributed by atoms with E-state index >= 15 is 0 Å². The summed E-state index contributed by atoms with van der Waals surface area (Å²) in [4.78, 5) is 22.4. The van der Waals surface area contributed by atoms with E-state index in [1.807, 2.05) is 0 Å². The molecule has 0 saturated carbocycles. The van der Waals surface area contributed by atoms with Crippen molar-refractivity contribution in [2.75, 3.05) is 0 Å². The Morgan fingerprint density at radius 1 is 1.47 bits per heavy atom. The van der Waals surface area contributed by atoms with Gasteiger partial charge in [-0.3, -0.25) is 4.79 Å². The van der Waals surface area contributed by atoms with Gasteiger partial charge in [-0.2, -0.15) is 0 Å². The Bertz CT molecular complexity index is 603. The quantitative estimate of drug-likeness (QED) is 0.709. The van der Waals surface area contributed by atoms with Gasteiger partial charge >= 0.3 is 5.97 Å². The molecule has 6 heteroatoms. The molecule has 2 aromatic rings. The number of benzene rings is 1. The van der Waals surface area contributed by atoms with E-state index in [-0.39, 0.29) is 22.0 Å². The van der Waals surface area contributed by atoms with E-state index in [0.717, 1.165) is 4.68 Å². The molecule has 2 rings (SSSR count). The van der Waals surface area contributed by atoms with Gasteiger partial charge in [0.25, 0.3) is 5.56 Å². The van der Waals surface area contributed by atoms with Crippen LogP contribution in [0.15, 0.2) is 23.0 Å². The van der Waals surface area contributed by atoms with Crippen LogP contribution in [-0.4, -0.2) is 26.1 Å². The minimum atomic E-state index is -1.12. The van der Waals surface area contributed by atoms with Gasteiger partial charge in [-0.1, -0.05) is 11.3 Å². The summed E-state index contributed by atoms with van der Waals surface area (Å²) in [5, 5.41) is 16.4. The summed E-state index contributed by atoms with van der Waals surface area (Å²) < 4.78 is 1.06. The predicted octanol–water partition coefficient (Wildman–Crippen LogP) is 0.0267. The molecule has 0 aliphatic carbocycles. The highest BCUT2D eigenvalue weighted by Crippen LogP contribution is 2.11. The molecule has 76 valence electrons. The van der Waals surface area contributed by atoms with Crippen LogP contribution in [0.1, 0.15) is 10.4 Å². The second kappa shape index (κ2) is 3.16. The lowest BCUT2D eigenvalue weighted by molar-refractivity contribution is 0.0698. The predicted molar refractivity (Wildman–Crippen MR) is 51.7 cm³/mol. The first-order valence-electron chi connectivity index (χ1n) is 4.17. The van der Waals surface area contributed by atoms with Gasteiger partial charge in [0.2, 0.25) is 0 Å². The van der Waals surface area contributed by atoms with Gasteiger partial charge in [-0.25, -0.2) is 9.48 Å². The molecule has 0 amide bonds. The highest BCUT2D eigenvalue weighted by Gasteiger charge is 2.12. The minimum absolute atomic E-state index is 0.0160. The molecule has 0 radical (unpaired) electrons. The molecule has 0 fully saturated rings. The Hall–Kier alpha value is -2.24. The normalized spacial score (nSPS) is 10.5. The Morgan fingerprint density at radius 2 is 2.20 bits per heavy atom. The second-order valence-corrected chi connectivity index (χ2v) is 3.03. The molecule has 15 heavy (non-hydrogen) atoms. The Labute approximate surface area is 83.8 Å². The van der Waals surface area contributed by atoms with Gasteiger partial charge in [0.15, 0.2) is 0 Å². The molecule has 0 saturated heterocycles. The molecule has 0 aliphatic heterocycles. The van der Waals surface area contributed by atoms with Crippen LogP contribution in [0, 0.1) is 0 Å². The number of nitrogens with zero attached hydrogens (tertiary/aromatic N) is 3. The zero-order valence-corrected chi connectivity index (χ0v) is 7.84. The van der Waals surface area contributed by atoms with E-state index < -0.39 is 5.97 Å². The van der Waals surface area contributed by atoms with Crippen LogP contribution in [0.4, 0.5) is 0 Å². The third-order valence-corrected chi connectivity index (χ3v) is 2.07.